The van der Waals surface area contributed by atoms with Crippen LogP contribution in [-0.4, -0.2) is 23.6 Å². The number of rotatable bonds is 4. The second-order valence-corrected chi connectivity index (χ2v) is 8.24. The zero-order valence-electron chi connectivity index (χ0n) is 12.1. The highest BCUT2D eigenvalue weighted by Crippen LogP contribution is 2.39. The van der Waals surface area contributed by atoms with Crippen molar-refractivity contribution >= 4 is 27.7 Å². The van der Waals surface area contributed by atoms with Gasteiger partial charge in [0.2, 0.25) is 0 Å². The third kappa shape index (κ3) is 3.42. The molecule has 3 rings (SSSR count). The van der Waals surface area contributed by atoms with Crippen LogP contribution in [0.2, 0.25) is 0 Å². The van der Waals surface area contributed by atoms with E-state index in [-0.39, 0.29) is 0 Å². The molecule has 0 heterocycles. The first-order valence-electron chi connectivity index (χ1n) is 7.80. The van der Waals surface area contributed by atoms with Gasteiger partial charge in [-0.2, -0.15) is 11.8 Å². The van der Waals surface area contributed by atoms with Gasteiger partial charge in [-0.25, -0.2) is 0 Å². The molecule has 1 N–H and O–H groups in total. The van der Waals surface area contributed by atoms with Crippen LogP contribution in [0.25, 0.3) is 0 Å². The van der Waals surface area contributed by atoms with Crippen molar-refractivity contribution < 1.29 is 0 Å². The first-order valence-corrected chi connectivity index (χ1v) is 9.88. The van der Waals surface area contributed by atoms with Gasteiger partial charge >= 0.3 is 0 Å². The Morgan fingerprint density at radius 1 is 1.20 bits per heavy atom. The maximum absolute atomic E-state index is 3.94. The van der Waals surface area contributed by atoms with Crippen molar-refractivity contribution in [2.24, 2.45) is 0 Å². The van der Waals surface area contributed by atoms with Crippen LogP contribution in [0.5, 0.6) is 0 Å². The Bertz CT molecular complexity index is 444. The number of hydrogen-bond acceptors (Lipinski definition) is 2. The lowest BCUT2D eigenvalue weighted by molar-refractivity contribution is 0.242. The van der Waals surface area contributed by atoms with Gasteiger partial charge in [0, 0.05) is 21.8 Å². The van der Waals surface area contributed by atoms with E-state index in [2.05, 4.69) is 63.5 Å². The highest BCUT2D eigenvalue weighted by atomic mass is 79.9. The van der Waals surface area contributed by atoms with Crippen molar-refractivity contribution in [2.45, 2.75) is 61.8 Å². The normalized spacial score (nSPS) is 33.7. The maximum atomic E-state index is 3.94. The van der Waals surface area contributed by atoms with Crippen LogP contribution in [0.15, 0.2) is 28.7 Å². The van der Waals surface area contributed by atoms with Gasteiger partial charge in [-0.05, 0) is 55.6 Å². The number of halogens is 1. The molecule has 0 amide bonds. The minimum atomic E-state index is 0.747. The van der Waals surface area contributed by atoms with Crippen LogP contribution in [-0.2, 0) is 0 Å². The molecule has 3 heteroatoms. The van der Waals surface area contributed by atoms with Crippen molar-refractivity contribution in [2.75, 3.05) is 6.26 Å². The van der Waals surface area contributed by atoms with Crippen LogP contribution in [0.3, 0.4) is 0 Å². The van der Waals surface area contributed by atoms with E-state index in [1.54, 1.807) is 0 Å². The summed E-state index contributed by atoms with van der Waals surface area (Å²) in [5.74, 6) is 0.765. The molecule has 1 aromatic carbocycles. The van der Waals surface area contributed by atoms with Crippen molar-refractivity contribution in [1.82, 2.24) is 5.32 Å². The fraction of sp³-hybridized carbons (Fsp3) is 0.647. The molecule has 2 unspecified atom stereocenters. The highest BCUT2D eigenvalue weighted by molar-refractivity contribution is 9.10. The van der Waals surface area contributed by atoms with Crippen LogP contribution < -0.4 is 5.32 Å². The Morgan fingerprint density at radius 3 is 2.75 bits per heavy atom. The summed E-state index contributed by atoms with van der Waals surface area (Å²) >= 11 is 5.64. The largest absolute Gasteiger partial charge is 0.310 e. The van der Waals surface area contributed by atoms with Gasteiger partial charge in [-0.3, -0.25) is 0 Å². The van der Waals surface area contributed by atoms with Crippen molar-refractivity contribution in [1.29, 1.82) is 0 Å². The van der Waals surface area contributed by atoms with Gasteiger partial charge in [-0.15, -0.1) is 0 Å². The fourth-order valence-electron chi connectivity index (χ4n) is 3.66. The van der Waals surface area contributed by atoms with Crippen LogP contribution in [0, 0.1) is 0 Å². The van der Waals surface area contributed by atoms with Crippen molar-refractivity contribution in [3.8, 4) is 0 Å². The Labute approximate surface area is 135 Å². The number of benzene rings is 1. The lowest BCUT2D eigenvalue weighted by Crippen LogP contribution is -2.50. The van der Waals surface area contributed by atoms with E-state index in [9.17, 15) is 0 Å². The molecular weight excluding hydrogens is 330 g/mol. The standard InChI is InChI=1S/C17H24BrNS/c1-20-17-8-3-2-7-16(17)19-15-10-13(11-15)12-5-4-6-14(18)9-12/h4-6,9,13,15-17,19H,2-3,7-8,10-11H2,1H3. The highest BCUT2D eigenvalue weighted by Gasteiger charge is 2.34. The quantitative estimate of drug-likeness (QED) is 0.820. The second kappa shape index (κ2) is 6.85. The average molecular weight is 354 g/mol. The van der Waals surface area contributed by atoms with Crippen LogP contribution in [0.4, 0.5) is 0 Å². The smallest absolute Gasteiger partial charge is 0.0198 e. The first kappa shape index (κ1) is 14.9. The minimum absolute atomic E-state index is 0.747. The van der Waals surface area contributed by atoms with Gasteiger partial charge < -0.3 is 5.32 Å². The third-order valence-corrected chi connectivity index (χ3v) is 6.58. The molecule has 0 bridgehead atoms. The molecule has 0 spiro atoms. The summed E-state index contributed by atoms with van der Waals surface area (Å²) < 4.78 is 1.21. The summed E-state index contributed by atoms with van der Waals surface area (Å²) in [5, 5.41) is 4.78. The predicted molar refractivity (Wildman–Crippen MR) is 92.6 cm³/mol. The molecule has 2 aliphatic rings. The summed E-state index contributed by atoms with van der Waals surface area (Å²) in [5.41, 5.74) is 1.50. The molecule has 0 radical (unpaired) electrons. The monoisotopic (exact) mass is 353 g/mol. The summed E-state index contributed by atoms with van der Waals surface area (Å²) in [4.78, 5) is 0. The third-order valence-electron chi connectivity index (χ3n) is 4.91. The zero-order valence-corrected chi connectivity index (χ0v) is 14.6. The van der Waals surface area contributed by atoms with E-state index in [0.717, 1.165) is 23.3 Å². The van der Waals surface area contributed by atoms with E-state index in [0.29, 0.717) is 0 Å². The van der Waals surface area contributed by atoms with Gasteiger partial charge in [0.15, 0.2) is 0 Å². The average Bonchev–Trinajstić information content (AvgIpc) is 2.42. The summed E-state index contributed by atoms with van der Waals surface area (Å²) in [6.07, 6.45) is 10.5. The molecule has 0 aromatic heterocycles. The number of nitrogens with one attached hydrogen (secondary N) is 1. The molecule has 2 fully saturated rings. The molecule has 0 saturated heterocycles. The maximum Gasteiger partial charge on any atom is 0.0198 e. The molecule has 110 valence electrons. The van der Waals surface area contributed by atoms with Gasteiger partial charge in [0.05, 0.1) is 0 Å². The Kier molecular flexibility index (Phi) is 5.11. The minimum Gasteiger partial charge on any atom is -0.310 e. The molecule has 1 nitrogen and oxygen atoms in total. The predicted octanol–water partition coefficient (Wildman–Crippen LogP) is 4.96. The van der Waals surface area contributed by atoms with Crippen LogP contribution >= 0.6 is 27.7 Å². The number of hydrogen-bond donors (Lipinski definition) is 1. The summed E-state index contributed by atoms with van der Waals surface area (Å²) in [7, 11) is 0. The Hall–Kier alpha value is 0.01000. The molecular formula is C17H24BrNS. The van der Waals surface area contributed by atoms with E-state index >= 15 is 0 Å². The first-order chi connectivity index (χ1) is 9.76. The van der Waals surface area contributed by atoms with E-state index in [4.69, 9.17) is 0 Å². The number of thioether (sulfide) groups is 1. The molecule has 1 aromatic rings. The lowest BCUT2D eigenvalue weighted by atomic mass is 9.75. The SMILES string of the molecule is CSC1CCCCC1NC1CC(c2cccc(Br)c2)C1. The lowest BCUT2D eigenvalue weighted by Gasteiger charge is -2.42. The van der Waals surface area contributed by atoms with Crippen molar-refractivity contribution in [3.63, 3.8) is 0 Å². The summed E-state index contributed by atoms with van der Waals surface area (Å²) in [6, 6.07) is 10.3. The molecule has 20 heavy (non-hydrogen) atoms. The zero-order chi connectivity index (χ0) is 13.9. The molecule has 2 saturated carbocycles. The van der Waals surface area contributed by atoms with Gasteiger partial charge in [-0.1, -0.05) is 40.9 Å². The van der Waals surface area contributed by atoms with E-state index in [1.165, 1.54) is 48.6 Å². The van der Waals surface area contributed by atoms with E-state index < -0.39 is 0 Å². The molecule has 2 atom stereocenters. The Morgan fingerprint density at radius 2 is 2.00 bits per heavy atom. The van der Waals surface area contributed by atoms with Crippen molar-refractivity contribution in [3.05, 3.63) is 34.3 Å². The van der Waals surface area contributed by atoms with Crippen LogP contribution in [0.1, 0.15) is 50.0 Å². The molecule has 0 aliphatic heterocycles. The van der Waals surface area contributed by atoms with Gasteiger partial charge in [0.1, 0.15) is 0 Å². The Balaban J connectivity index is 1.50. The van der Waals surface area contributed by atoms with E-state index in [1.807, 2.05) is 0 Å². The fourth-order valence-corrected chi connectivity index (χ4v) is 5.02. The summed E-state index contributed by atoms with van der Waals surface area (Å²) in [6.45, 7) is 0. The second-order valence-electron chi connectivity index (χ2n) is 6.25. The molecule has 2 aliphatic carbocycles. The van der Waals surface area contributed by atoms with Gasteiger partial charge in [0.25, 0.3) is 0 Å². The topological polar surface area (TPSA) is 12.0 Å².